The van der Waals surface area contributed by atoms with Crippen LogP contribution in [-0.4, -0.2) is 65.0 Å². The number of nitrogens with two attached hydrogens (primary N) is 1. The number of pyridine rings is 1. The van der Waals surface area contributed by atoms with E-state index in [9.17, 15) is 4.79 Å². The van der Waals surface area contributed by atoms with Crippen LogP contribution in [-0.2, 0) is 12.8 Å². The van der Waals surface area contributed by atoms with Gasteiger partial charge in [0.25, 0.3) is 11.6 Å². The Kier molecular flexibility index (Phi) is 5.49. The van der Waals surface area contributed by atoms with Crippen molar-refractivity contribution in [3.05, 3.63) is 51.4 Å². The third kappa shape index (κ3) is 3.88. The lowest BCUT2D eigenvalue weighted by molar-refractivity contribution is 0.0196. The summed E-state index contributed by atoms with van der Waals surface area (Å²) in [5.74, 6) is 0.169. The summed E-state index contributed by atoms with van der Waals surface area (Å²) in [6, 6.07) is 7.28. The molecule has 0 saturated carbocycles. The van der Waals surface area contributed by atoms with E-state index in [4.69, 9.17) is 15.0 Å². The average Bonchev–Trinajstić information content (AvgIpc) is 3.70. The van der Waals surface area contributed by atoms with E-state index in [-0.39, 0.29) is 23.0 Å². The van der Waals surface area contributed by atoms with E-state index in [0.29, 0.717) is 25.1 Å². The fraction of sp³-hybridized carbons (Fsp3) is 0.600. The highest BCUT2D eigenvalue weighted by Gasteiger charge is 2.45. The quantitative estimate of drug-likeness (QED) is 0.519. The van der Waals surface area contributed by atoms with E-state index in [1.807, 2.05) is 18.3 Å². The van der Waals surface area contributed by atoms with Crippen molar-refractivity contribution in [3.63, 3.8) is 0 Å². The van der Waals surface area contributed by atoms with Crippen molar-refractivity contribution in [2.45, 2.75) is 81.3 Å². The maximum absolute atomic E-state index is 14.1. The molecule has 4 saturated heterocycles. The second kappa shape index (κ2) is 8.99. The number of nitrogens with zero attached hydrogens (tertiary/aromatic N) is 4. The van der Waals surface area contributed by atoms with Gasteiger partial charge in [0, 0.05) is 36.3 Å². The van der Waals surface area contributed by atoms with Crippen LogP contribution in [0.25, 0.3) is 11.1 Å². The highest BCUT2D eigenvalue weighted by atomic mass is 16.7. The minimum Gasteiger partial charge on any atom is -0.423 e. The van der Waals surface area contributed by atoms with E-state index in [2.05, 4.69) is 26.2 Å². The van der Waals surface area contributed by atoms with Gasteiger partial charge in [-0.05, 0) is 88.4 Å². The van der Waals surface area contributed by atoms with Crippen LogP contribution in [0.2, 0.25) is 0 Å². The standard InChI is InChI=1S/C30H38N6O3/c31-29-33-25-5-1-4-22(27(25)39-29)19-6-9-23-24(14-19)28(37)36(38-18-30-10-2-12-35(30)13-3-11-30)17-26(23)34-15-20-7-8-21(16-34)32-20/h1,4-5,17,19-21,32H,2-3,6-16,18H2,(H2,31,33). The molecule has 5 aliphatic rings. The molecule has 4 aliphatic heterocycles. The van der Waals surface area contributed by atoms with Gasteiger partial charge in [-0.1, -0.05) is 12.1 Å². The van der Waals surface area contributed by atoms with Gasteiger partial charge >= 0.3 is 0 Å². The van der Waals surface area contributed by atoms with Crippen LogP contribution >= 0.6 is 0 Å². The van der Waals surface area contributed by atoms with Crippen molar-refractivity contribution in [1.82, 2.24) is 19.9 Å². The number of hydrogen-bond acceptors (Lipinski definition) is 8. The molecule has 0 amide bonds. The zero-order valence-electron chi connectivity index (χ0n) is 22.5. The number of anilines is 2. The maximum Gasteiger partial charge on any atom is 0.292 e. The monoisotopic (exact) mass is 530 g/mol. The Hall–Kier alpha value is -3.04. The van der Waals surface area contributed by atoms with Gasteiger partial charge in [0.2, 0.25) is 0 Å². The lowest BCUT2D eigenvalue weighted by Crippen LogP contribution is -2.52. The Bertz CT molecular complexity index is 1460. The number of hydrogen-bond donors (Lipinski definition) is 2. The van der Waals surface area contributed by atoms with Crippen LogP contribution < -0.4 is 26.3 Å². The second-order valence-corrected chi connectivity index (χ2v) is 12.5. The van der Waals surface area contributed by atoms with Crippen LogP contribution in [0.15, 0.2) is 33.6 Å². The molecule has 0 radical (unpaired) electrons. The highest BCUT2D eigenvalue weighted by molar-refractivity contribution is 5.78. The summed E-state index contributed by atoms with van der Waals surface area (Å²) in [5, 5.41) is 3.76. The Morgan fingerprint density at radius 3 is 2.69 bits per heavy atom. The first-order valence-electron chi connectivity index (χ1n) is 14.9. The predicted octanol–water partition coefficient (Wildman–Crippen LogP) is 2.84. The average molecular weight is 531 g/mol. The van der Waals surface area contributed by atoms with Gasteiger partial charge in [-0.25, -0.2) is 0 Å². The molecule has 4 fully saturated rings. The summed E-state index contributed by atoms with van der Waals surface area (Å²) in [4.78, 5) is 30.0. The lowest BCUT2D eigenvalue weighted by Gasteiger charge is -2.38. The normalized spacial score (nSPS) is 27.7. The van der Waals surface area contributed by atoms with E-state index in [1.54, 1.807) is 4.73 Å². The number of para-hydroxylation sites is 1. The Labute approximate surface area is 228 Å². The molecule has 9 nitrogen and oxygen atoms in total. The molecule has 2 aromatic heterocycles. The number of nitrogen functional groups attached to an aromatic ring is 1. The summed E-state index contributed by atoms with van der Waals surface area (Å²) >= 11 is 0. The van der Waals surface area contributed by atoms with Crippen molar-refractivity contribution >= 4 is 22.8 Å². The molecule has 9 heteroatoms. The van der Waals surface area contributed by atoms with Crippen molar-refractivity contribution in [2.75, 3.05) is 43.4 Å². The Morgan fingerprint density at radius 1 is 1.10 bits per heavy atom. The number of fused-ring (bicyclic) bond motifs is 5. The highest BCUT2D eigenvalue weighted by Crippen LogP contribution is 2.40. The van der Waals surface area contributed by atoms with Crippen LogP contribution in [0.4, 0.5) is 11.7 Å². The van der Waals surface area contributed by atoms with Crippen LogP contribution in [0.1, 0.15) is 67.6 Å². The molecule has 3 atom stereocenters. The molecule has 3 aromatic rings. The number of nitrogens with one attached hydrogen (secondary N) is 1. The van der Waals surface area contributed by atoms with Crippen LogP contribution in [0.5, 0.6) is 0 Å². The SMILES string of the molecule is Nc1nc2cccc(C3CCc4c(N5CC6CCC(C5)N6)cn(OCC56CCCN5CCC6)c(=O)c4C3)c2o1. The number of piperazine rings is 1. The van der Waals surface area contributed by atoms with Gasteiger partial charge in [0.1, 0.15) is 12.1 Å². The minimum absolute atomic E-state index is 0.000223. The number of benzene rings is 1. The predicted molar refractivity (Wildman–Crippen MR) is 150 cm³/mol. The Balaban J connectivity index is 1.17. The summed E-state index contributed by atoms with van der Waals surface area (Å²) in [7, 11) is 0. The summed E-state index contributed by atoms with van der Waals surface area (Å²) in [5.41, 5.74) is 11.9. The first kappa shape index (κ1) is 23.8. The summed E-state index contributed by atoms with van der Waals surface area (Å²) in [6.07, 6.45) is 11.7. The number of rotatable bonds is 5. The molecule has 3 N–H and O–H groups in total. The van der Waals surface area contributed by atoms with E-state index in [1.165, 1.54) is 36.9 Å². The third-order valence-electron chi connectivity index (χ3n) is 10.3. The van der Waals surface area contributed by atoms with E-state index >= 15 is 0 Å². The van der Waals surface area contributed by atoms with Gasteiger partial charge in [-0.2, -0.15) is 9.71 Å². The van der Waals surface area contributed by atoms with Crippen molar-refractivity contribution in [1.29, 1.82) is 0 Å². The zero-order chi connectivity index (χ0) is 26.1. The second-order valence-electron chi connectivity index (χ2n) is 12.5. The fourth-order valence-corrected chi connectivity index (χ4v) is 8.41. The molecular weight excluding hydrogens is 492 g/mol. The van der Waals surface area contributed by atoms with Gasteiger partial charge in [-0.3, -0.25) is 9.69 Å². The first-order chi connectivity index (χ1) is 19.1. The number of aromatic nitrogens is 2. The van der Waals surface area contributed by atoms with Crippen molar-refractivity contribution < 1.29 is 9.25 Å². The molecule has 1 aromatic carbocycles. The molecule has 0 spiro atoms. The zero-order valence-corrected chi connectivity index (χ0v) is 22.5. The van der Waals surface area contributed by atoms with Crippen molar-refractivity contribution in [3.8, 4) is 0 Å². The van der Waals surface area contributed by atoms with Gasteiger partial charge in [0.05, 0.1) is 17.4 Å². The molecule has 206 valence electrons. The van der Waals surface area contributed by atoms with E-state index < -0.39 is 0 Å². The molecular formula is C30H38N6O3. The Morgan fingerprint density at radius 2 is 1.90 bits per heavy atom. The topological polar surface area (TPSA) is 102 Å². The smallest absolute Gasteiger partial charge is 0.292 e. The number of oxazole rings is 1. The van der Waals surface area contributed by atoms with Gasteiger partial charge in [0.15, 0.2) is 5.58 Å². The molecule has 2 bridgehead atoms. The van der Waals surface area contributed by atoms with Crippen molar-refractivity contribution in [2.24, 2.45) is 0 Å². The minimum atomic E-state index is -0.000223. The van der Waals surface area contributed by atoms with Crippen LogP contribution in [0.3, 0.4) is 0 Å². The van der Waals surface area contributed by atoms with Gasteiger partial charge < -0.3 is 25.2 Å². The molecule has 39 heavy (non-hydrogen) atoms. The lowest BCUT2D eigenvalue weighted by atomic mass is 9.80. The van der Waals surface area contributed by atoms with E-state index in [0.717, 1.165) is 74.1 Å². The van der Waals surface area contributed by atoms with Gasteiger partial charge in [-0.15, -0.1) is 0 Å². The maximum atomic E-state index is 14.1. The molecule has 3 unspecified atom stereocenters. The summed E-state index contributed by atoms with van der Waals surface area (Å²) in [6.45, 7) is 4.85. The first-order valence-corrected chi connectivity index (χ1v) is 14.9. The third-order valence-corrected chi connectivity index (χ3v) is 10.3. The van der Waals surface area contributed by atoms with Crippen LogP contribution in [0, 0.1) is 0 Å². The molecule has 1 aliphatic carbocycles. The molecule has 8 rings (SSSR count). The largest absolute Gasteiger partial charge is 0.423 e. The summed E-state index contributed by atoms with van der Waals surface area (Å²) < 4.78 is 7.41. The molecule has 6 heterocycles. The fourth-order valence-electron chi connectivity index (χ4n) is 8.41.